The summed E-state index contributed by atoms with van der Waals surface area (Å²) in [7, 11) is 0. The van der Waals surface area contributed by atoms with Crippen molar-refractivity contribution in [1.29, 1.82) is 0 Å². The van der Waals surface area contributed by atoms with Crippen molar-refractivity contribution in [1.82, 2.24) is 15.3 Å². The third-order valence-corrected chi connectivity index (χ3v) is 5.44. The largest absolute Gasteiger partial charge is 0.356 e. The van der Waals surface area contributed by atoms with Gasteiger partial charge in [-0.1, -0.05) is 20.8 Å². The molecule has 1 aromatic heterocycles. The number of fused-ring (bicyclic) bond motifs is 1. The number of carbonyl (C=O) groups is 1. The molecule has 0 aromatic carbocycles. The maximum Gasteiger partial charge on any atom is 0.223 e. The number of hydrogen-bond acceptors (Lipinski definition) is 3. The van der Waals surface area contributed by atoms with Crippen molar-refractivity contribution in [3.63, 3.8) is 0 Å². The molecule has 0 bridgehead atoms. The van der Waals surface area contributed by atoms with Gasteiger partial charge in [0.25, 0.3) is 0 Å². The molecular weight excluding hydrogens is 286 g/mol. The standard InChI is InChI=1S/C19H29N3O/c1-13-8-14(12-19(2,3)11-13)4-5-22-18(23)15-9-16-17(10-15)21-7-6-20-16/h6-7,13-15H,4-5,8-12H2,1-3H3,(H,22,23). The molecule has 0 radical (unpaired) electrons. The zero-order chi connectivity index (χ0) is 16.4. The Bertz CT molecular complexity index is 544. The van der Waals surface area contributed by atoms with Gasteiger partial charge in [0, 0.05) is 37.7 Å². The van der Waals surface area contributed by atoms with Crippen molar-refractivity contribution in [2.75, 3.05) is 6.54 Å². The smallest absolute Gasteiger partial charge is 0.223 e. The second-order valence-electron chi connectivity index (χ2n) is 8.41. The minimum atomic E-state index is 0.0223. The first kappa shape index (κ1) is 16.4. The second-order valence-corrected chi connectivity index (χ2v) is 8.41. The maximum atomic E-state index is 12.4. The summed E-state index contributed by atoms with van der Waals surface area (Å²) in [6.07, 6.45) is 9.94. The fourth-order valence-corrected chi connectivity index (χ4v) is 4.77. The number of amides is 1. The molecule has 0 aliphatic heterocycles. The molecule has 2 unspecified atom stereocenters. The predicted molar refractivity (Wildman–Crippen MR) is 90.8 cm³/mol. The first-order valence-electron chi connectivity index (χ1n) is 8.99. The van der Waals surface area contributed by atoms with E-state index in [9.17, 15) is 4.79 Å². The van der Waals surface area contributed by atoms with Crippen LogP contribution < -0.4 is 5.32 Å². The molecule has 2 aliphatic rings. The van der Waals surface area contributed by atoms with E-state index in [0.717, 1.165) is 49.0 Å². The minimum absolute atomic E-state index is 0.0223. The van der Waals surface area contributed by atoms with Crippen molar-refractivity contribution >= 4 is 5.91 Å². The van der Waals surface area contributed by atoms with Crippen molar-refractivity contribution in [2.45, 2.75) is 59.3 Å². The Hall–Kier alpha value is -1.45. The van der Waals surface area contributed by atoms with Crippen LogP contribution in [-0.2, 0) is 17.6 Å². The molecule has 1 aromatic rings. The van der Waals surface area contributed by atoms with E-state index < -0.39 is 0 Å². The Morgan fingerprint density at radius 1 is 1.22 bits per heavy atom. The van der Waals surface area contributed by atoms with E-state index in [0.29, 0.717) is 5.41 Å². The van der Waals surface area contributed by atoms with Gasteiger partial charge >= 0.3 is 0 Å². The van der Waals surface area contributed by atoms with Crippen LogP contribution in [0.3, 0.4) is 0 Å². The van der Waals surface area contributed by atoms with Gasteiger partial charge < -0.3 is 5.32 Å². The number of aromatic nitrogens is 2. The van der Waals surface area contributed by atoms with Crippen LogP contribution in [0.5, 0.6) is 0 Å². The fraction of sp³-hybridized carbons (Fsp3) is 0.737. The summed E-state index contributed by atoms with van der Waals surface area (Å²) in [6.45, 7) is 7.93. The summed E-state index contributed by atoms with van der Waals surface area (Å²) in [6, 6.07) is 0. The van der Waals surface area contributed by atoms with E-state index in [1.54, 1.807) is 12.4 Å². The van der Waals surface area contributed by atoms with Crippen LogP contribution in [0.4, 0.5) is 0 Å². The molecule has 0 spiro atoms. The number of nitrogens with one attached hydrogen (secondary N) is 1. The summed E-state index contributed by atoms with van der Waals surface area (Å²) in [5.74, 6) is 1.75. The normalized spacial score (nSPS) is 26.7. The van der Waals surface area contributed by atoms with Crippen molar-refractivity contribution < 1.29 is 4.79 Å². The van der Waals surface area contributed by atoms with Crippen LogP contribution in [0, 0.1) is 23.2 Å². The van der Waals surface area contributed by atoms with Crippen molar-refractivity contribution in [3.05, 3.63) is 23.8 Å². The minimum Gasteiger partial charge on any atom is -0.356 e. The zero-order valence-corrected chi connectivity index (χ0v) is 14.6. The Kier molecular flexibility index (Phi) is 4.69. The number of nitrogens with zero attached hydrogens (tertiary/aromatic N) is 2. The molecule has 3 rings (SSSR count). The molecule has 2 aliphatic carbocycles. The van der Waals surface area contributed by atoms with Gasteiger partial charge in [0.1, 0.15) is 0 Å². The first-order chi connectivity index (χ1) is 10.9. The van der Waals surface area contributed by atoms with Gasteiger partial charge in [0.2, 0.25) is 5.91 Å². The van der Waals surface area contributed by atoms with Gasteiger partial charge in [0.05, 0.1) is 11.4 Å². The SMILES string of the molecule is CC1CC(CCNC(=O)C2Cc3nccnc3C2)CC(C)(C)C1. The van der Waals surface area contributed by atoms with E-state index in [4.69, 9.17) is 0 Å². The summed E-state index contributed by atoms with van der Waals surface area (Å²) in [4.78, 5) is 21.0. The molecule has 4 heteroatoms. The first-order valence-corrected chi connectivity index (χ1v) is 8.99. The Labute approximate surface area is 139 Å². The molecule has 1 amide bonds. The number of rotatable bonds is 4. The van der Waals surface area contributed by atoms with E-state index in [-0.39, 0.29) is 11.8 Å². The molecule has 1 saturated carbocycles. The van der Waals surface area contributed by atoms with Crippen molar-refractivity contribution in [3.8, 4) is 0 Å². The van der Waals surface area contributed by atoms with Gasteiger partial charge in [-0.3, -0.25) is 14.8 Å². The average Bonchev–Trinajstić information content (AvgIpc) is 2.89. The summed E-state index contributed by atoms with van der Waals surface area (Å²) >= 11 is 0. The monoisotopic (exact) mass is 315 g/mol. The highest BCUT2D eigenvalue weighted by Crippen LogP contribution is 2.42. The quantitative estimate of drug-likeness (QED) is 0.928. The molecular formula is C19H29N3O. The van der Waals surface area contributed by atoms with Gasteiger partial charge in [-0.05, 0) is 42.9 Å². The second kappa shape index (κ2) is 6.58. The molecule has 0 saturated heterocycles. The van der Waals surface area contributed by atoms with Crippen LogP contribution in [0.1, 0.15) is 57.8 Å². The van der Waals surface area contributed by atoms with Crippen molar-refractivity contribution in [2.24, 2.45) is 23.2 Å². The van der Waals surface area contributed by atoms with Crippen LogP contribution in [0.25, 0.3) is 0 Å². The molecule has 2 atom stereocenters. The van der Waals surface area contributed by atoms with E-state index in [1.165, 1.54) is 19.3 Å². The van der Waals surface area contributed by atoms with Crippen LogP contribution >= 0.6 is 0 Å². The van der Waals surface area contributed by atoms with Crippen LogP contribution in [-0.4, -0.2) is 22.4 Å². The molecule has 23 heavy (non-hydrogen) atoms. The lowest BCUT2D eigenvalue weighted by molar-refractivity contribution is -0.124. The lowest BCUT2D eigenvalue weighted by atomic mass is 9.67. The van der Waals surface area contributed by atoms with Gasteiger partial charge in [-0.25, -0.2) is 0 Å². The summed E-state index contributed by atoms with van der Waals surface area (Å²) in [5.41, 5.74) is 2.45. The summed E-state index contributed by atoms with van der Waals surface area (Å²) < 4.78 is 0. The predicted octanol–water partition coefficient (Wildman–Crippen LogP) is 3.16. The number of carbonyl (C=O) groups excluding carboxylic acids is 1. The lowest BCUT2D eigenvalue weighted by Crippen LogP contribution is -2.34. The van der Waals surface area contributed by atoms with Gasteiger partial charge in [-0.2, -0.15) is 0 Å². The van der Waals surface area contributed by atoms with E-state index >= 15 is 0 Å². The highest BCUT2D eigenvalue weighted by molar-refractivity contribution is 5.79. The van der Waals surface area contributed by atoms with Gasteiger partial charge in [0.15, 0.2) is 0 Å². The molecule has 1 N–H and O–H groups in total. The van der Waals surface area contributed by atoms with Crippen LogP contribution in [0.15, 0.2) is 12.4 Å². The summed E-state index contributed by atoms with van der Waals surface area (Å²) in [5, 5.41) is 3.15. The molecule has 4 nitrogen and oxygen atoms in total. The maximum absolute atomic E-state index is 12.4. The zero-order valence-electron chi connectivity index (χ0n) is 14.6. The van der Waals surface area contributed by atoms with Gasteiger partial charge in [-0.15, -0.1) is 0 Å². The molecule has 126 valence electrons. The Morgan fingerprint density at radius 3 is 2.48 bits per heavy atom. The molecule has 1 heterocycles. The highest BCUT2D eigenvalue weighted by Gasteiger charge is 2.32. The Morgan fingerprint density at radius 2 is 1.87 bits per heavy atom. The fourth-order valence-electron chi connectivity index (χ4n) is 4.77. The average molecular weight is 315 g/mol. The topological polar surface area (TPSA) is 54.9 Å². The van der Waals surface area contributed by atoms with Crippen LogP contribution in [0.2, 0.25) is 0 Å². The third-order valence-electron chi connectivity index (χ3n) is 5.44. The van der Waals surface area contributed by atoms with E-state index in [1.807, 2.05) is 0 Å². The number of hydrogen-bond donors (Lipinski definition) is 1. The molecule has 1 fully saturated rings. The third kappa shape index (κ3) is 4.10. The Balaban J connectivity index is 1.44. The highest BCUT2D eigenvalue weighted by atomic mass is 16.1. The lowest BCUT2D eigenvalue weighted by Gasteiger charge is -2.39. The van der Waals surface area contributed by atoms with E-state index in [2.05, 4.69) is 36.1 Å².